The molecule has 19 heavy (non-hydrogen) atoms. The zero-order valence-corrected chi connectivity index (χ0v) is 12.4. The van der Waals surface area contributed by atoms with E-state index in [1.54, 1.807) is 0 Å². The summed E-state index contributed by atoms with van der Waals surface area (Å²) >= 11 is 0. The highest BCUT2D eigenvalue weighted by atomic mass is 16.5. The second-order valence-corrected chi connectivity index (χ2v) is 5.08. The van der Waals surface area contributed by atoms with E-state index in [0.717, 1.165) is 13.0 Å². The first-order chi connectivity index (χ1) is 9.13. The summed E-state index contributed by atoms with van der Waals surface area (Å²) in [6.45, 7) is 7.47. The Kier molecular flexibility index (Phi) is 6.75. The largest absolute Gasteiger partial charge is 0.469 e. The normalized spacial score (nSPS) is 26.4. The molecule has 0 aromatic carbocycles. The second-order valence-electron chi connectivity index (χ2n) is 5.08. The van der Waals surface area contributed by atoms with Gasteiger partial charge in [-0.15, -0.1) is 0 Å². The van der Waals surface area contributed by atoms with Crippen LogP contribution in [0.25, 0.3) is 0 Å². The molecule has 0 aromatic heterocycles. The third kappa shape index (κ3) is 4.75. The molecule has 0 saturated carbocycles. The predicted molar refractivity (Wildman–Crippen MR) is 72.9 cm³/mol. The first kappa shape index (κ1) is 16.4. The molecule has 2 saturated heterocycles. The Labute approximate surface area is 115 Å². The van der Waals surface area contributed by atoms with Crippen molar-refractivity contribution in [1.29, 1.82) is 0 Å². The molecule has 5 heteroatoms. The maximum atomic E-state index is 11.4. The fourth-order valence-corrected chi connectivity index (χ4v) is 2.66. The fourth-order valence-electron chi connectivity index (χ4n) is 2.66. The Hall–Kier alpha value is -0.650. The number of hydrogen-bond acceptors (Lipinski definition) is 5. The number of carbonyl (C=O) groups excluding carboxylic acids is 1. The number of likely N-dealkylation sites (tertiary alicyclic amines) is 1. The van der Waals surface area contributed by atoms with Crippen molar-refractivity contribution in [2.75, 3.05) is 40.0 Å². The topological polar surface area (TPSA) is 59.0 Å². The van der Waals surface area contributed by atoms with Crippen molar-refractivity contribution in [1.82, 2.24) is 4.90 Å². The van der Waals surface area contributed by atoms with Gasteiger partial charge in [0.1, 0.15) is 0 Å². The van der Waals surface area contributed by atoms with Crippen LogP contribution in [0.5, 0.6) is 0 Å². The summed E-state index contributed by atoms with van der Waals surface area (Å²) < 4.78 is 10.0. The third-order valence-corrected chi connectivity index (χ3v) is 3.75. The van der Waals surface area contributed by atoms with E-state index in [1.807, 2.05) is 13.8 Å². The molecule has 0 amide bonds. The van der Waals surface area contributed by atoms with Gasteiger partial charge >= 0.3 is 5.97 Å². The molecule has 1 unspecified atom stereocenters. The number of methoxy groups -OCH3 is 1. The smallest absolute Gasteiger partial charge is 0.310 e. The second kappa shape index (κ2) is 7.82. The number of hydrogen-bond donors (Lipinski definition) is 1. The third-order valence-electron chi connectivity index (χ3n) is 3.75. The Bertz CT molecular complexity index is 277. The van der Waals surface area contributed by atoms with Gasteiger partial charge in [0.25, 0.3) is 0 Å². The van der Waals surface area contributed by atoms with Gasteiger partial charge in [0.2, 0.25) is 0 Å². The van der Waals surface area contributed by atoms with Crippen molar-refractivity contribution >= 4 is 5.97 Å². The van der Waals surface area contributed by atoms with E-state index in [-0.39, 0.29) is 11.9 Å². The number of carbonyl (C=O) groups is 1. The minimum Gasteiger partial charge on any atom is -0.469 e. The summed E-state index contributed by atoms with van der Waals surface area (Å²) in [6.07, 6.45) is 2.21. The van der Waals surface area contributed by atoms with Crippen LogP contribution in [-0.4, -0.2) is 61.5 Å². The van der Waals surface area contributed by atoms with Gasteiger partial charge in [-0.1, -0.05) is 13.8 Å². The number of β-amino-alcohol motifs (C(OH)–C–C–N with tert-alkyl or cyclic N) is 1. The maximum absolute atomic E-state index is 11.4. The number of ether oxygens (including phenoxy) is 2. The molecule has 2 fully saturated rings. The van der Waals surface area contributed by atoms with Crippen molar-refractivity contribution in [3.05, 3.63) is 0 Å². The summed E-state index contributed by atoms with van der Waals surface area (Å²) in [4.78, 5) is 13.6. The Balaban J connectivity index is 0.000000861. The molecule has 0 aromatic rings. The van der Waals surface area contributed by atoms with Crippen LogP contribution in [0, 0.1) is 5.92 Å². The molecule has 2 rings (SSSR count). The summed E-state index contributed by atoms with van der Waals surface area (Å²) in [5.74, 6) is -0.157. The molecule has 1 N–H and O–H groups in total. The molecule has 5 nitrogen and oxygen atoms in total. The van der Waals surface area contributed by atoms with Crippen molar-refractivity contribution in [2.45, 2.75) is 38.7 Å². The Morgan fingerprint density at radius 1 is 1.42 bits per heavy atom. The first-order valence-corrected chi connectivity index (χ1v) is 7.23. The summed E-state index contributed by atoms with van der Waals surface area (Å²) in [7, 11) is 1.43. The highest BCUT2D eigenvalue weighted by Crippen LogP contribution is 2.25. The van der Waals surface area contributed by atoms with Gasteiger partial charge < -0.3 is 14.6 Å². The van der Waals surface area contributed by atoms with E-state index in [4.69, 9.17) is 9.47 Å². The van der Waals surface area contributed by atoms with Crippen molar-refractivity contribution in [3.8, 4) is 0 Å². The maximum Gasteiger partial charge on any atom is 0.310 e. The molecule has 2 aliphatic heterocycles. The molecule has 0 radical (unpaired) electrons. The molecule has 0 bridgehead atoms. The molecule has 2 aliphatic rings. The van der Waals surface area contributed by atoms with Crippen LogP contribution in [0.1, 0.15) is 33.1 Å². The number of nitrogens with zero attached hydrogens (tertiary/aromatic N) is 1. The lowest BCUT2D eigenvalue weighted by Gasteiger charge is -2.35. The van der Waals surface area contributed by atoms with Crippen LogP contribution in [0.4, 0.5) is 0 Å². The van der Waals surface area contributed by atoms with Gasteiger partial charge in [-0.3, -0.25) is 9.69 Å². The molecule has 2 heterocycles. The molecule has 0 spiro atoms. The lowest BCUT2D eigenvalue weighted by atomic mass is 9.94. The van der Waals surface area contributed by atoms with Crippen LogP contribution in [0.2, 0.25) is 0 Å². The molecule has 1 atom stereocenters. The van der Waals surface area contributed by atoms with Crippen molar-refractivity contribution in [2.24, 2.45) is 5.92 Å². The SMILES string of the molecule is CC.COC(=O)C1CCN(CC2(O)CCOCC2)C1. The lowest BCUT2D eigenvalue weighted by molar-refractivity contribution is -0.145. The van der Waals surface area contributed by atoms with Gasteiger partial charge in [0.05, 0.1) is 18.6 Å². The summed E-state index contributed by atoms with van der Waals surface area (Å²) in [5.41, 5.74) is -0.636. The quantitative estimate of drug-likeness (QED) is 0.779. The van der Waals surface area contributed by atoms with E-state index in [9.17, 15) is 9.90 Å². The number of esters is 1. The van der Waals surface area contributed by atoms with Crippen LogP contribution in [0.15, 0.2) is 0 Å². The summed E-state index contributed by atoms with van der Waals surface area (Å²) in [6, 6.07) is 0. The highest BCUT2D eigenvalue weighted by molar-refractivity contribution is 5.72. The van der Waals surface area contributed by atoms with E-state index < -0.39 is 5.60 Å². The lowest BCUT2D eigenvalue weighted by Crippen LogP contribution is -2.46. The van der Waals surface area contributed by atoms with Crippen molar-refractivity contribution < 1.29 is 19.4 Å². The van der Waals surface area contributed by atoms with Gasteiger partial charge in [0.15, 0.2) is 0 Å². The Morgan fingerprint density at radius 3 is 2.63 bits per heavy atom. The first-order valence-electron chi connectivity index (χ1n) is 7.23. The van der Waals surface area contributed by atoms with Gasteiger partial charge in [-0.25, -0.2) is 0 Å². The van der Waals surface area contributed by atoms with Gasteiger partial charge in [-0.2, -0.15) is 0 Å². The minimum atomic E-state index is -0.636. The van der Waals surface area contributed by atoms with Crippen molar-refractivity contribution in [3.63, 3.8) is 0 Å². The standard InChI is InChI=1S/C12H21NO4.C2H6/c1-16-11(14)10-2-5-13(8-10)9-12(15)3-6-17-7-4-12;1-2/h10,15H,2-9H2,1H3;1-2H3. The fraction of sp³-hybridized carbons (Fsp3) is 0.929. The van der Waals surface area contributed by atoms with E-state index in [2.05, 4.69) is 4.90 Å². The van der Waals surface area contributed by atoms with Crippen LogP contribution < -0.4 is 0 Å². The number of rotatable bonds is 3. The minimum absolute atomic E-state index is 0.0246. The van der Waals surface area contributed by atoms with Gasteiger partial charge in [-0.05, 0) is 13.0 Å². The van der Waals surface area contributed by atoms with Crippen LogP contribution in [-0.2, 0) is 14.3 Å². The predicted octanol–water partition coefficient (Wildman–Crippen LogP) is 1.05. The number of aliphatic hydroxyl groups is 1. The average molecular weight is 273 g/mol. The highest BCUT2D eigenvalue weighted by Gasteiger charge is 2.36. The monoisotopic (exact) mass is 273 g/mol. The van der Waals surface area contributed by atoms with Gasteiger partial charge in [0, 0.05) is 39.1 Å². The molecule has 0 aliphatic carbocycles. The molecule has 112 valence electrons. The zero-order chi connectivity index (χ0) is 14.3. The molecular formula is C14H27NO4. The van der Waals surface area contributed by atoms with Crippen LogP contribution >= 0.6 is 0 Å². The van der Waals surface area contributed by atoms with E-state index >= 15 is 0 Å². The zero-order valence-electron chi connectivity index (χ0n) is 12.4. The van der Waals surface area contributed by atoms with E-state index in [1.165, 1.54) is 7.11 Å². The molecular weight excluding hydrogens is 246 g/mol. The van der Waals surface area contributed by atoms with Crippen LogP contribution in [0.3, 0.4) is 0 Å². The average Bonchev–Trinajstić information content (AvgIpc) is 2.88. The van der Waals surface area contributed by atoms with E-state index in [0.29, 0.717) is 39.1 Å². The Morgan fingerprint density at radius 2 is 2.05 bits per heavy atom. The summed E-state index contributed by atoms with van der Waals surface area (Å²) in [5, 5.41) is 10.4.